The summed E-state index contributed by atoms with van der Waals surface area (Å²) in [5, 5.41) is 3.49. The van der Waals surface area contributed by atoms with Gasteiger partial charge in [-0.2, -0.15) is 0 Å². The van der Waals surface area contributed by atoms with Gasteiger partial charge in [-0.15, -0.1) is 0 Å². The highest BCUT2D eigenvalue weighted by molar-refractivity contribution is 5.58. The highest BCUT2D eigenvalue weighted by Crippen LogP contribution is 2.23. The van der Waals surface area contributed by atoms with E-state index in [1.54, 1.807) is 0 Å². The first kappa shape index (κ1) is 13.2. The van der Waals surface area contributed by atoms with Gasteiger partial charge < -0.3 is 15.0 Å². The first-order valence-electron chi connectivity index (χ1n) is 6.99. The van der Waals surface area contributed by atoms with Gasteiger partial charge in [-0.25, -0.2) is 0 Å². The average molecular weight is 248 g/mol. The van der Waals surface area contributed by atoms with Crippen molar-refractivity contribution in [3.63, 3.8) is 0 Å². The Morgan fingerprint density at radius 1 is 1.33 bits per heavy atom. The molecule has 1 aromatic rings. The van der Waals surface area contributed by atoms with E-state index in [9.17, 15) is 0 Å². The van der Waals surface area contributed by atoms with Crippen LogP contribution in [0.3, 0.4) is 0 Å². The fourth-order valence-corrected chi connectivity index (χ4v) is 2.39. The number of nitrogens with one attached hydrogen (secondary N) is 1. The summed E-state index contributed by atoms with van der Waals surface area (Å²) in [5.74, 6) is 0. The molecule has 1 heterocycles. The maximum atomic E-state index is 5.42. The third-order valence-corrected chi connectivity index (χ3v) is 3.30. The summed E-state index contributed by atoms with van der Waals surface area (Å²) in [6.07, 6.45) is 2.64. The molecule has 1 N–H and O–H groups in total. The van der Waals surface area contributed by atoms with E-state index >= 15 is 0 Å². The molecular weight excluding hydrogens is 224 g/mol. The van der Waals surface area contributed by atoms with Crippen LogP contribution in [0.15, 0.2) is 24.3 Å². The predicted molar refractivity (Wildman–Crippen MR) is 77.5 cm³/mol. The van der Waals surface area contributed by atoms with E-state index in [0.29, 0.717) is 6.04 Å². The SMILES string of the molecule is CCOCC(C)Nc1cccc(N2CCCC2)c1. The van der Waals surface area contributed by atoms with Crippen LogP contribution in [0.25, 0.3) is 0 Å². The van der Waals surface area contributed by atoms with Crippen LogP contribution in [0.2, 0.25) is 0 Å². The second-order valence-electron chi connectivity index (χ2n) is 4.95. The lowest BCUT2D eigenvalue weighted by Crippen LogP contribution is -2.22. The molecule has 0 saturated carbocycles. The van der Waals surface area contributed by atoms with E-state index in [1.165, 1.54) is 37.3 Å². The molecular formula is C15H24N2O. The number of anilines is 2. The summed E-state index contributed by atoms with van der Waals surface area (Å²) >= 11 is 0. The summed E-state index contributed by atoms with van der Waals surface area (Å²) in [6, 6.07) is 9.04. The molecule has 18 heavy (non-hydrogen) atoms. The molecule has 1 saturated heterocycles. The molecule has 1 aliphatic heterocycles. The minimum absolute atomic E-state index is 0.346. The summed E-state index contributed by atoms with van der Waals surface area (Å²) in [6.45, 7) is 8.10. The lowest BCUT2D eigenvalue weighted by atomic mass is 10.2. The highest BCUT2D eigenvalue weighted by Gasteiger charge is 2.12. The maximum absolute atomic E-state index is 5.42. The van der Waals surface area contributed by atoms with Crippen molar-refractivity contribution in [2.75, 3.05) is 36.5 Å². The Labute approximate surface area is 110 Å². The van der Waals surface area contributed by atoms with Crippen LogP contribution in [0.1, 0.15) is 26.7 Å². The summed E-state index contributed by atoms with van der Waals surface area (Å²) in [5.41, 5.74) is 2.52. The number of rotatable bonds is 6. The lowest BCUT2D eigenvalue weighted by Gasteiger charge is -2.20. The van der Waals surface area contributed by atoms with Crippen molar-refractivity contribution in [3.05, 3.63) is 24.3 Å². The first-order valence-corrected chi connectivity index (χ1v) is 6.99. The average Bonchev–Trinajstić information content (AvgIpc) is 2.90. The van der Waals surface area contributed by atoms with Crippen molar-refractivity contribution in [1.82, 2.24) is 0 Å². The van der Waals surface area contributed by atoms with Gasteiger partial charge in [0, 0.05) is 37.1 Å². The molecule has 0 radical (unpaired) electrons. The zero-order valence-corrected chi connectivity index (χ0v) is 11.5. The molecule has 0 aliphatic carbocycles. The quantitative estimate of drug-likeness (QED) is 0.837. The molecule has 2 rings (SSSR count). The summed E-state index contributed by atoms with van der Waals surface area (Å²) < 4.78 is 5.42. The van der Waals surface area contributed by atoms with E-state index in [1.807, 2.05) is 6.92 Å². The fraction of sp³-hybridized carbons (Fsp3) is 0.600. The zero-order chi connectivity index (χ0) is 12.8. The molecule has 1 unspecified atom stereocenters. The normalized spacial score (nSPS) is 16.9. The molecule has 3 heteroatoms. The molecule has 0 aromatic heterocycles. The number of hydrogen-bond acceptors (Lipinski definition) is 3. The Bertz CT molecular complexity index is 361. The van der Waals surface area contributed by atoms with Crippen molar-refractivity contribution in [2.45, 2.75) is 32.7 Å². The minimum atomic E-state index is 0.346. The molecule has 1 aromatic carbocycles. The van der Waals surface area contributed by atoms with Gasteiger partial charge in [0.2, 0.25) is 0 Å². The van der Waals surface area contributed by atoms with Crippen LogP contribution in [0.4, 0.5) is 11.4 Å². The molecule has 1 atom stereocenters. The monoisotopic (exact) mass is 248 g/mol. The van der Waals surface area contributed by atoms with Crippen molar-refractivity contribution < 1.29 is 4.74 Å². The van der Waals surface area contributed by atoms with Gasteiger partial charge in [0.15, 0.2) is 0 Å². The molecule has 3 nitrogen and oxygen atoms in total. The largest absolute Gasteiger partial charge is 0.380 e. The minimum Gasteiger partial charge on any atom is -0.380 e. The van der Waals surface area contributed by atoms with Crippen molar-refractivity contribution in [3.8, 4) is 0 Å². The van der Waals surface area contributed by atoms with Gasteiger partial charge >= 0.3 is 0 Å². The van der Waals surface area contributed by atoms with Crippen molar-refractivity contribution in [1.29, 1.82) is 0 Å². The number of benzene rings is 1. The molecule has 100 valence electrons. The van der Waals surface area contributed by atoms with E-state index in [-0.39, 0.29) is 0 Å². The molecule has 0 spiro atoms. The van der Waals surface area contributed by atoms with Gasteiger partial charge in [0.05, 0.1) is 6.61 Å². The van der Waals surface area contributed by atoms with Crippen LogP contribution in [0, 0.1) is 0 Å². The molecule has 0 bridgehead atoms. The van der Waals surface area contributed by atoms with Gasteiger partial charge in [0.25, 0.3) is 0 Å². The maximum Gasteiger partial charge on any atom is 0.0664 e. The third-order valence-electron chi connectivity index (χ3n) is 3.30. The Hall–Kier alpha value is -1.22. The Kier molecular flexibility index (Phi) is 4.88. The van der Waals surface area contributed by atoms with Gasteiger partial charge in [0.1, 0.15) is 0 Å². The van der Waals surface area contributed by atoms with E-state index in [2.05, 4.69) is 41.4 Å². The lowest BCUT2D eigenvalue weighted by molar-refractivity contribution is 0.141. The Balaban J connectivity index is 1.94. The van der Waals surface area contributed by atoms with Crippen LogP contribution in [-0.2, 0) is 4.74 Å². The van der Waals surface area contributed by atoms with Crippen LogP contribution < -0.4 is 10.2 Å². The number of hydrogen-bond donors (Lipinski definition) is 1. The predicted octanol–water partition coefficient (Wildman–Crippen LogP) is 3.12. The Morgan fingerprint density at radius 2 is 2.11 bits per heavy atom. The molecule has 1 fully saturated rings. The standard InChI is InChI=1S/C15H24N2O/c1-3-18-12-13(2)16-14-7-6-8-15(11-14)17-9-4-5-10-17/h6-8,11,13,16H,3-5,9-10,12H2,1-2H3. The van der Waals surface area contributed by atoms with Crippen LogP contribution in [-0.4, -0.2) is 32.3 Å². The van der Waals surface area contributed by atoms with Gasteiger partial charge in [-0.1, -0.05) is 6.07 Å². The third kappa shape index (κ3) is 3.64. The second-order valence-corrected chi connectivity index (χ2v) is 4.95. The smallest absolute Gasteiger partial charge is 0.0664 e. The number of ether oxygens (including phenoxy) is 1. The fourth-order valence-electron chi connectivity index (χ4n) is 2.39. The summed E-state index contributed by atoms with van der Waals surface area (Å²) in [4.78, 5) is 2.46. The second kappa shape index (κ2) is 6.64. The highest BCUT2D eigenvalue weighted by atomic mass is 16.5. The molecule has 0 amide bonds. The Morgan fingerprint density at radius 3 is 2.83 bits per heavy atom. The molecule has 1 aliphatic rings. The zero-order valence-electron chi connectivity index (χ0n) is 11.5. The van der Waals surface area contributed by atoms with Gasteiger partial charge in [-0.05, 0) is 44.9 Å². The van der Waals surface area contributed by atoms with Crippen molar-refractivity contribution >= 4 is 11.4 Å². The van der Waals surface area contributed by atoms with E-state index in [4.69, 9.17) is 4.74 Å². The van der Waals surface area contributed by atoms with Crippen LogP contribution in [0.5, 0.6) is 0 Å². The first-order chi connectivity index (χ1) is 8.79. The van der Waals surface area contributed by atoms with Gasteiger partial charge in [-0.3, -0.25) is 0 Å². The topological polar surface area (TPSA) is 24.5 Å². The number of nitrogens with zero attached hydrogens (tertiary/aromatic N) is 1. The van der Waals surface area contributed by atoms with Crippen molar-refractivity contribution in [2.24, 2.45) is 0 Å². The van der Waals surface area contributed by atoms with E-state index in [0.717, 1.165) is 13.2 Å². The van der Waals surface area contributed by atoms with E-state index < -0.39 is 0 Å². The van der Waals surface area contributed by atoms with Crippen LogP contribution >= 0.6 is 0 Å². The summed E-state index contributed by atoms with van der Waals surface area (Å²) in [7, 11) is 0.